The van der Waals surface area contributed by atoms with Crippen LogP contribution in [0.25, 0.3) is 0 Å². The predicted molar refractivity (Wildman–Crippen MR) is 119 cm³/mol. The minimum Gasteiger partial charge on any atom is -0.493 e. The number of aliphatic hydroxyl groups excluding tert-OH is 1. The van der Waals surface area contributed by atoms with Crippen LogP contribution in [0.2, 0.25) is 0 Å². The summed E-state index contributed by atoms with van der Waals surface area (Å²) in [4.78, 5) is 17.7. The summed E-state index contributed by atoms with van der Waals surface area (Å²) >= 11 is 0. The molecule has 8 nitrogen and oxygen atoms in total. The van der Waals surface area contributed by atoms with Gasteiger partial charge < -0.3 is 34.4 Å². The van der Waals surface area contributed by atoms with Crippen LogP contribution in [0.1, 0.15) is 42.5 Å². The fourth-order valence-corrected chi connectivity index (χ4v) is 4.22. The third-order valence-corrected chi connectivity index (χ3v) is 6.04. The highest BCUT2D eigenvalue weighted by Gasteiger charge is 2.19. The number of nitrogens with one attached hydrogen (secondary N) is 1. The van der Waals surface area contributed by atoms with Crippen molar-refractivity contribution in [2.45, 2.75) is 38.2 Å². The van der Waals surface area contributed by atoms with Gasteiger partial charge in [0.2, 0.25) is 5.75 Å². The third kappa shape index (κ3) is 6.98. The molecule has 3 atom stereocenters. The lowest BCUT2D eigenvalue weighted by Gasteiger charge is -2.22. The smallest absolute Gasteiger partial charge is 0.251 e. The molecule has 31 heavy (non-hydrogen) atoms. The van der Waals surface area contributed by atoms with Crippen LogP contribution >= 0.6 is 0 Å². The summed E-state index contributed by atoms with van der Waals surface area (Å²) < 4.78 is 16.8. The summed E-state index contributed by atoms with van der Waals surface area (Å²) in [5, 5.41) is 13.4. The Morgan fingerprint density at radius 2 is 1.71 bits per heavy atom. The zero-order valence-electron chi connectivity index (χ0n) is 18.9. The van der Waals surface area contributed by atoms with E-state index in [2.05, 4.69) is 15.1 Å². The van der Waals surface area contributed by atoms with Crippen LogP contribution in [0.5, 0.6) is 17.2 Å². The molecule has 0 aliphatic carbocycles. The first kappa shape index (κ1) is 23.6. The molecule has 2 N–H and O–H groups in total. The first-order chi connectivity index (χ1) is 15.1. The first-order valence-electron chi connectivity index (χ1n) is 11.4. The molecule has 174 valence electrons. The topological polar surface area (TPSA) is 83.5 Å². The van der Waals surface area contributed by atoms with E-state index in [1.807, 2.05) is 0 Å². The van der Waals surface area contributed by atoms with Gasteiger partial charge in [-0.15, -0.1) is 0 Å². The molecular weight excluding hydrogens is 398 g/mol. The zero-order valence-corrected chi connectivity index (χ0v) is 18.9. The lowest BCUT2D eigenvalue weighted by molar-refractivity contribution is 0.0950. The van der Waals surface area contributed by atoms with Crippen molar-refractivity contribution >= 4 is 5.91 Å². The van der Waals surface area contributed by atoms with Gasteiger partial charge in [-0.2, -0.15) is 0 Å². The number of aliphatic hydroxyl groups is 1. The van der Waals surface area contributed by atoms with Crippen LogP contribution in [0.3, 0.4) is 0 Å². The van der Waals surface area contributed by atoms with E-state index in [1.165, 1.54) is 0 Å². The van der Waals surface area contributed by atoms with Gasteiger partial charge >= 0.3 is 0 Å². The predicted octanol–water partition coefficient (Wildman–Crippen LogP) is 1.76. The second-order valence-electron chi connectivity index (χ2n) is 8.29. The van der Waals surface area contributed by atoms with Crippen molar-refractivity contribution in [2.24, 2.45) is 0 Å². The molecule has 1 amide bonds. The number of carbonyl (C=O) groups excluding carboxylic acids is 1. The number of methoxy groups -OCH3 is 2. The molecule has 4 bridgehead atoms. The van der Waals surface area contributed by atoms with E-state index >= 15 is 0 Å². The standard InChI is InChI=1S/C23H37N3O5/c1-29-20-16-18-17-21(22(20)30-2)31-15-3-6-19(27)7-12-26-11-5-10-25(13-14-26)9-4-8-24-23(18)28/h16-17,19,27H,3-15H2,1-2H3,(H,24,28). The highest BCUT2D eigenvalue weighted by Crippen LogP contribution is 2.38. The van der Waals surface area contributed by atoms with Gasteiger partial charge in [-0.3, -0.25) is 4.79 Å². The molecule has 8 heteroatoms. The maximum atomic E-state index is 12.7. The average Bonchev–Trinajstić information content (AvgIpc) is 3.02. The van der Waals surface area contributed by atoms with Crippen LogP contribution in [-0.2, 0) is 0 Å². The fraction of sp³-hybridized carbons (Fsp3) is 0.696. The van der Waals surface area contributed by atoms with Crippen molar-refractivity contribution in [3.05, 3.63) is 17.7 Å². The van der Waals surface area contributed by atoms with E-state index in [1.54, 1.807) is 26.4 Å². The molecule has 2 aliphatic rings. The highest BCUT2D eigenvalue weighted by atomic mass is 16.5. The van der Waals surface area contributed by atoms with E-state index < -0.39 is 0 Å². The minimum absolute atomic E-state index is 0.152. The summed E-state index contributed by atoms with van der Waals surface area (Å²) in [6.45, 7) is 7.19. The van der Waals surface area contributed by atoms with Crippen molar-refractivity contribution in [1.82, 2.24) is 15.1 Å². The molecular formula is C23H37N3O5. The van der Waals surface area contributed by atoms with Gasteiger partial charge in [-0.25, -0.2) is 0 Å². The molecule has 2 aliphatic heterocycles. The number of amides is 1. The van der Waals surface area contributed by atoms with E-state index in [-0.39, 0.29) is 12.0 Å². The Hall–Kier alpha value is -2.03. The average molecular weight is 436 g/mol. The Balaban J connectivity index is 1.73. The van der Waals surface area contributed by atoms with Gasteiger partial charge in [0.25, 0.3) is 5.91 Å². The quantitative estimate of drug-likeness (QED) is 0.732. The molecule has 2 heterocycles. The van der Waals surface area contributed by atoms with Gasteiger partial charge in [0.05, 0.1) is 26.9 Å². The van der Waals surface area contributed by atoms with E-state index in [0.29, 0.717) is 42.4 Å². The maximum Gasteiger partial charge on any atom is 0.251 e. The van der Waals surface area contributed by atoms with Crippen LogP contribution in [-0.4, -0.2) is 93.6 Å². The number of benzene rings is 1. The Kier molecular flexibility index (Phi) is 9.24. The Labute approximate surface area is 185 Å². The van der Waals surface area contributed by atoms with Gasteiger partial charge in [-0.05, 0) is 63.9 Å². The van der Waals surface area contributed by atoms with Crippen LogP contribution in [0.4, 0.5) is 0 Å². The van der Waals surface area contributed by atoms with E-state index in [9.17, 15) is 9.90 Å². The second-order valence-corrected chi connectivity index (χ2v) is 8.29. The van der Waals surface area contributed by atoms with Crippen LogP contribution < -0.4 is 19.5 Å². The molecule has 0 spiro atoms. The molecule has 1 aromatic carbocycles. The number of fused-ring (bicyclic) bond motifs is 5. The SMILES string of the molecule is COc1cc2cc(c1OC)OCCCC(O)CCN1CCCN(CCCNC2=O)CC1. The first-order valence-corrected chi connectivity index (χ1v) is 11.4. The Morgan fingerprint density at radius 3 is 2.45 bits per heavy atom. The van der Waals surface area contributed by atoms with Crippen molar-refractivity contribution in [1.29, 1.82) is 0 Å². The minimum atomic E-state index is -0.335. The summed E-state index contributed by atoms with van der Waals surface area (Å²) in [5.41, 5.74) is 0.482. The molecule has 0 radical (unpaired) electrons. The number of hydrogen-bond donors (Lipinski definition) is 2. The molecule has 1 aromatic rings. The van der Waals surface area contributed by atoms with Crippen molar-refractivity contribution < 1.29 is 24.1 Å². The van der Waals surface area contributed by atoms with Crippen molar-refractivity contribution in [3.8, 4) is 17.2 Å². The summed E-state index contributed by atoms with van der Waals surface area (Å²) in [6, 6.07) is 3.38. The lowest BCUT2D eigenvalue weighted by atomic mass is 10.1. The molecule has 1 saturated heterocycles. The Morgan fingerprint density at radius 1 is 0.968 bits per heavy atom. The maximum absolute atomic E-state index is 12.7. The van der Waals surface area contributed by atoms with Crippen molar-refractivity contribution in [3.63, 3.8) is 0 Å². The van der Waals surface area contributed by atoms with Gasteiger partial charge in [-0.1, -0.05) is 0 Å². The molecule has 3 rings (SSSR count). The third-order valence-electron chi connectivity index (χ3n) is 6.04. The van der Waals surface area contributed by atoms with Crippen LogP contribution in [0, 0.1) is 0 Å². The summed E-state index contributed by atoms with van der Waals surface area (Å²) in [5.74, 6) is 1.26. The number of ether oxygens (including phenoxy) is 3. The highest BCUT2D eigenvalue weighted by molar-refractivity contribution is 5.95. The number of carbonyl (C=O) groups is 1. The number of hydrogen-bond acceptors (Lipinski definition) is 7. The Bertz CT molecular complexity index is 715. The van der Waals surface area contributed by atoms with Gasteiger partial charge in [0.15, 0.2) is 11.5 Å². The second kappa shape index (κ2) is 12.1. The molecule has 0 saturated carbocycles. The number of nitrogens with zero attached hydrogens (tertiary/aromatic N) is 2. The monoisotopic (exact) mass is 435 g/mol. The summed E-state index contributed by atoms with van der Waals surface area (Å²) in [7, 11) is 3.10. The molecule has 0 aromatic heterocycles. The van der Waals surface area contributed by atoms with Crippen molar-refractivity contribution in [2.75, 3.05) is 66.6 Å². The van der Waals surface area contributed by atoms with E-state index in [0.717, 1.165) is 65.0 Å². The van der Waals surface area contributed by atoms with Gasteiger partial charge in [0.1, 0.15) is 0 Å². The largest absolute Gasteiger partial charge is 0.493 e. The fourth-order valence-electron chi connectivity index (χ4n) is 4.22. The zero-order chi connectivity index (χ0) is 22.1. The molecule has 1 fully saturated rings. The van der Waals surface area contributed by atoms with Crippen LogP contribution in [0.15, 0.2) is 12.1 Å². The number of rotatable bonds is 2. The molecule has 3 unspecified atom stereocenters. The lowest BCUT2D eigenvalue weighted by Crippen LogP contribution is -2.34. The normalized spacial score (nSPS) is 26.4. The van der Waals surface area contributed by atoms with Gasteiger partial charge in [0, 0.05) is 31.7 Å². The summed E-state index contributed by atoms with van der Waals surface area (Å²) in [6.07, 6.45) is 3.89. The van der Waals surface area contributed by atoms with E-state index in [4.69, 9.17) is 14.2 Å².